The summed E-state index contributed by atoms with van der Waals surface area (Å²) in [5.74, 6) is -2.61. The largest absolute Gasteiger partial charge is 0.353 e. The van der Waals surface area contributed by atoms with E-state index in [9.17, 15) is 22.0 Å². The third-order valence-corrected chi connectivity index (χ3v) is 9.03. The molecule has 0 spiro atoms. The lowest BCUT2D eigenvalue weighted by Crippen LogP contribution is -2.51. The molecule has 0 N–H and O–H groups in total. The molecule has 34 heavy (non-hydrogen) atoms. The molecule has 1 aliphatic heterocycles. The van der Waals surface area contributed by atoms with Gasteiger partial charge in [-0.25, -0.2) is 22.2 Å². The highest BCUT2D eigenvalue weighted by Crippen LogP contribution is 2.37. The molecule has 1 aromatic rings. The molecule has 2 heterocycles. The minimum absolute atomic E-state index is 0.00190. The summed E-state index contributed by atoms with van der Waals surface area (Å²) in [7, 11) is -2.41. The van der Waals surface area contributed by atoms with E-state index in [0.717, 1.165) is 0 Å². The lowest BCUT2D eigenvalue weighted by Gasteiger charge is -2.37. The number of aromatic nitrogens is 1. The molecule has 1 aromatic heterocycles. The number of rotatable bonds is 7. The van der Waals surface area contributed by atoms with E-state index in [1.54, 1.807) is 19.2 Å². The number of nitrogens with zero attached hydrogens (tertiary/aromatic N) is 4. The van der Waals surface area contributed by atoms with Gasteiger partial charge in [-0.1, -0.05) is 6.92 Å². The van der Waals surface area contributed by atoms with E-state index in [1.807, 2.05) is 39.5 Å². The zero-order valence-corrected chi connectivity index (χ0v) is 21.9. The van der Waals surface area contributed by atoms with Gasteiger partial charge in [-0.15, -0.1) is 0 Å². The second-order valence-electron chi connectivity index (χ2n) is 10.1. The maximum absolute atomic E-state index is 13.9. The molecule has 10 heteroatoms. The lowest BCUT2D eigenvalue weighted by molar-refractivity contribution is -0.138. The van der Waals surface area contributed by atoms with Crippen molar-refractivity contribution in [1.82, 2.24) is 14.2 Å². The number of sulfonamides is 1. The predicted octanol–water partition coefficient (Wildman–Crippen LogP) is 4.06. The van der Waals surface area contributed by atoms with Crippen LogP contribution >= 0.6 is 0 Å². The molecular formula is C24H38F2N4O3S. The molecule has 0 unspecified atom stereocenters. The molecule has 7 nitrogen and oxygen atoms in total. The molecule has 2 fully saturated rings. The normalized spacial score (nSPS) is 23.9. The molecule has 2 atom stereocenters. The fourth-order valence-electron chi connectivity index (χ4n) is 5.15. The molecule has 192 valence electrons. The Hall–Kier alpha value is -1.81. The van der Waals surface area contributed by atoms with Crippen molar-refractivity contribution in [2.45, 2.75) is 95.7 Å². The number of alkyl halides is 2. The van der Waals surface area contributed by atoms with Crippen LogP contribution in [-0.2, 0) is 14.8 Å². The van der Waals surface area contributed by atoms with Gasteiger partial charge in [0.05, 0.1) is 0 Å². The van der Waals surface area contributed by atoms with Crippen LogP contribution in [0.15, 0.2) is 17.0 Å². The second-order valence-corrected chi connectivity index (χ2v) is 12.0. The zero-order valence-electron chi connectivity index (χ0n) is 21.1. The van der Waals surface area contributed by atoms with E-state index in [-0.39, 0.29) is 61.0 Å². The van der Waals surface area contributed by atoms with Crippen molar-refractivity contribution in [3.8, 4) is 0 Å². The minimum atomic E-state index is -4.02. The van der Waals surface area contributed by atoms with Crippen LogP contribution < -0.4 is 4.90 Å². The molecule has 1 saturated carbocycles. The quantitative estimate of drug-likeness (QED) is 0.565. The van der Waals surface area contributed by atoms with E-state index >= 15 is 0 Å². The van der Waals surface area contributed by atoms with Crippen molar-refractivity contribution >= 4 is 21.7 Å². The van der Waals surface area contributed by atoms with Crippen LogP contribution in [-0.4, -0.2) is 72.7 Å². The number of hydrogen-bond acceptors (Lipinski definition) is 5. The number of amides is 1. The highest BCUT2D eigenvalue weighted by atomic mass is 32.2. The first-order chi connectivity index (χ1) is 15.8. The van der Waals surface area contributed by atoms with E-state index in [1.165, 1.54) is 9.21 Å². The molecule has 1 saturated heterocycles. The van der Waals surface area contributed by atoms with Gasteiger partial charge in [0.1, 0.15) is 16.8 Å². The number of hydrogen-bond donors (Lipinski definition) is 0. The van der Waals surface area contributed by atoms with Gasteiger partial charge in [0, 0.05) is 50.8 Å². The van der Waals surface area contributed by atoms with Crippen LogP contribution in [0, 0.1) is 12.8 Å². The number of anilines is 1. The summed E-state index contributed by atoms with van der Waals surface area (Å²) >= 11 is 0. The third kappa shape index (κ3) is 5.37. The van der Waals surface area contributed by atoms with Crippen molar-refractivity contribution in [3.05, 3.63) is 17.8 Å². The fraction of sp³-hybridized carbons (Fsp3) is 0.750. The Morgan fingerprint density at radius 3 is 2.44 bits per heavy atom. The first kappa shape index (κ1) is 26.8. The molecule has 1 aliphatic carbocycles. The van der Waals surface area contributed by atoms with Crippen LogP contribution in [0.4, 0.5) is 14.6 Å². The van der Waals surface area contributed by atoms with Crippen LogP contribution in [0.25, 0.3) is 0 Å². The molecule has 1 amide bonds. The summed E-state index contributed by atoms with van der Waals surface area (Å²) in [4.78, 5) is 21.6. The summed E-state index contributed by atoms with van der Waals surface area (Å²) in [6.45, 7) is 10.5. The van der Waals surface area contributed by atoms with E-state index < -0.39 is 22.0 Å². The fourth-order valence-corrected chi connectivity index (χ4v) is 7.00. The summed E-state index contributed by atoms with van der Waals surface area (Å²) in [5, 5.41) is 0. The van der Waals surface area contributed by atoms with Crippen molar-refractivity contribution < 1.29 is 22.0 Å². The zero-order chi connectivity index (χ0) is 25.4. The number of carbonyl (C=O) groups excluding carboxylic acids is 1. The highest BCUT2D eigenvalue weighted by molar-refractivity contribution is 7.89. The number of halogens is 2. The van der Waals surface area contributed by atoms with Crippen molar-refractivity contribution in [2.24, 2.45) is 5.92 Å². The minimum Gasteiger partial charge on any atom is -0.353 e. The van der Waals surface area contributed by atoms with Gasteiger partial charge < -0.3 is 9.80 Å². The van der Waals surface area contributed by atoms with Gasteiger partial charge in [0.15, 0.2) is 0 Å². The smallest absolute Gasteiger partial charge is 0.248 e. The van der Waals surface area contributed by atoms with E-state index in [2.05, 4.69) is 4.98 Å². The molecule has 0 aromatic carbocycles. The molecule has 0 radical (unpaired) electrons. The predicted molar refractivity (Wildman–Crippen MR) is 129 cm³/mol. The van der Waals surface area contributed by atoms with Gasteiger partial charge in [0.25, 0.3) is 0 Å². The summed E-state index contributed by atoms with van der Waals surface area (Å²) in [5.41, 5.74) is 0.712. The monoisotopic (exact) mass is 500 g/mol. The van der Waals surface area contributed by atoms with Crippen LogP contribution in [0.2, 0.25) is 0 Å². The van der Waals surface area contributed by atoms with Crippen LogP contribution in [0.5, 0.6) is 0 Å². The Balaban J connectivity index is 1.93. The highest BCUT2D eigenvalue weighted by Gasteiger charge is 2.46. The number of pyridine rings is 1. The maximum Gasteiger partial charge on any atom is 0.248 e. The van der Waals surface area contributed by atoms with E-state index in [0.29, 0.717) is 24.5 Å². The van der Waals surface area contributed by atoms with Gasteiger partial charge in [-0.05, 0) is 65.0 Å². The average molecular weight is 501 g/mol. The third-order valence-electron chi connectivity index (χ3n) is 7.13. The standard InChI is InChI=1S/C24H38F2N4O3S/c1-7-29(16(2)3)22-21(9-8-18(5)27-22)34(32,33)30-15-17(4)14-20(30)23(31)28(6)19-10-12-24(25,26)13-11-19/h8-9,16-17,19-20H,7,10-15H2,1-6H3/t17-,20-/m1/s1. The average Bonchev–Trinajstić information content (AvgIpc) is 3.15. The van der Waals surface area contributed by atoms with Gasteiger partial charge in [-0.2, -0.15) is 4.31 Å². The lowest BCUT2D eigenvalue weighted by atomic mass is 9.91. The van der Waals surface area contributed by atoms with Crippen LogP contribution in [0.1, 0.15) is 65.5 Å². The molecule has 3 rings (SSSR count). The second kappa shape index (κ2) is 10.0. The van der Waals surface area contributed by atoms with E-state index in [4.69, 9.17) is 0 Å². The van der Waals surface area contributed by atoms with Crippen molar-refractivity contribution in [2.75, 3.05) is 25.0 Å². The molecular weight excluding hydrogens is 462 g/mol. The topological polar surface area (TPSA) is 73.8 Å². The summed E-state index contributed by atoms with van der Waals surface area (Å²) in [6.07, 6.45) is 0.339. The summed E-state index contributed by atoms with van der Waals surface area (Å²) < 4.78 is 56.4. The SMILES string of the molecule is CCN(c1nc(C)ccc1S(=O)(=O)N1C[C@H](C)C[C@@H]1C(=O)N(C)C1CCC(F)(F)CC1)C(C)C. The van der Waals surface area contributed by atoms with Crippen molar-refractivity contribution in [3.63, 3.8) is 0 Å². The van der Waals surface area contributed by atoms with Gasteiger partial charge in [0.2, 0.25) is 21.9 Å². The number of likely N-dealkylation sites (N-methyl/N-ethyl adjacent to an activating group) is 1. The Bertz CT molecular complexity index is 992. The molecule has 0 bridgehead atoms. The Morgan fingerprint density at radius 1 is 1.26 bits per heavy atom. The van der Waals surface area contributed by atoms with Gasteiger partial charge in [-0.3, -0.25) is 4.79 Å². The van der Waals surface area contributed by atoms with Crippen molar-refractivity contribution in [1.29, 1.82) is 0 Å². The Morgan fingerprint density at radius 2 is 1.88 bits per heavy atom. The maximum atomic E-state index is 13.9. The first-order valence-electron chi connectivity index (χ1n) is 12.2. The Labute approximate surface area is 202 Å². The van der Waals surface area contributed by atoms with Gasteiger partial charge >= 0.3 is 0 Å². The van der Waals surface area contributed by atoms with Crippen LogP contribution in [0.3, 0.4) is 0 Å². The first-order valence-corrected chi connectivity index (χ1v) is 13.6. The number of carbonyl (C=O) groups is 1. The number of aryl methyl sites for hydroxylation is 1. The molecule has 2 aliphatic rings. The Kier molecular flexibility index (Phi) is 7.92. The summed E-state index contributed by atoms with van der Waals surface area (Å²) in [6, 6.07) is 2.14.